The number of nitrogens with zero attached hydrogens (tertiary/aromatic N) is 6. The lowest BCUT2D eigenvalue weighted by Crippen LogP contribution is -2.15. The largest absolute Gasteiger partial charge is 0.381 e. The minimum absolute atomic E-state index is 0.269. The van der Waals surface area contributed by atoms with Gasteiger partial charge in [0, 0.05) is 6.04 Å². The smallest absolute Gasteiger partial charge is 0.169 e. The van der Waals surface area contributed by atoms with Crippen LogP contribution < -0.4 is 5.73 Å². The van der Waals surface area contributed by atoms with Gasteiger partial charge in [0.2, 0.25) is 0 Å². The van der Waals surface area contributed by atoms with Crippen molar-refractivity contribution in [3.63, 3.8) is 0 Å². The number of hydrogen-bond donors (Lipinski definition) is 1. The van der Waals surface area contributed by atoms with Gasteiger partial charge in [-0.3, -0.25) is 0 Å². The van der Waals surface area contributed by atoms with Crippen molar-refractivity contribution in [3.05, 3.63) is 17.8 Å². The molecule has 0 amide bonds. The highest BCUT2D eigenvalue weighted by Crippen LogP contribution is 2.20. The second-order valence-corrected chi connectivity index (χ2v) is 4.89. The molecule has 0 aliphatic carbocycles. The van der Waals surface area contributed by atoms with E-state index in [1.165, 1.54) is 0 Å². The summed E-state index contributed by atoms with van der Waals surface area (Å²) in [7, 11) is 0. The third-order valence-corrected chi connectivity index (χ3v) is 2.78. The molecule has 2 heterocycles. The Morgan fingerprint density at radius 3 is 2.61 bits per heavy atom. The molecular weight excluding hydrogens is 230 g/mol. The molecule has 0 fully saturated rings. The molecule has 0 atom stereocenters. The SMILES string of the molecule is CC(C)c1c(N)nnn1Cc1ncnn1C(C)C. The van der Waals surface area contributed by atoms with Crippen LogP contribution in [0.1, 0.15) is 51.2 Å². The number of hydrogen-bond acceptors (Lipinski definition) is 5. The number of anilines is 1. The van der Waals surface area contributed by atoms with Crippen LogP contribution in [-0.2, 0) is 6.54 Å². The zero-order chi connectivity index (χ0) is 13.3. The van der Waals surface area contributed by atoms with Crippen LogP contribution in [0.5, 0.6) is 0 Å². The number of aromatic nitrogens is 6. The van der Waals surface area contributed by atoms with Gasteiger partial charge in [0.1, 0.15) is 18.7 Å². The van der Waals surface area contributed by atoms with Crippen molar-refractivity contribution in [1.29, 1.82) is 0 Å². The summed E-state index contributed by atoms with van der Waals surface area (Å²) in [5.74, 6) is 1.62. The third kappa shape index (κ3) is 2.20. The molecule has 0 bridgehead atoms. The van der Waals surface area contributed by atoms with E-state index in [0.29, 0.717) is 12.4 Å². The van der Waals surface area contributed by atoms with Crippen LogP contribution in [0.15, 0.2) is 6.33 Å². The first-order valence-electron chi connectivity index (χ1n) is 6.08. The first-order valence-corrected chi connectivity index (χ1v) is 6.08. The summed E-state index contributed by atoms with van der Waals surface area (Å²) in [6.45, 7) is 8.81. The first kappa shape index (κ1) is 12.5. The van der Waals surface area contributed by atoms with E-state index >= 15 is 0 Å². The van der Waals surface area contributed by atoms with Crippen molar-refractivity contribution < 1.29 is 0 Å². The lowest BCUT2D eigenvalue weighted by Gasteiger charge is -2.12. The Bertz CT molecular complexity index is 523. The molecule has 18 heavy (non-hydrogen) atoms. The molecule has 2 N–H and O–H groups in total. The van der Waals surface area contributed by atoms with Gasteiger partial charge >= 0.3 is 0 Å². The summed E-state index contributed by atoms with van der Waals surface area (Å²) in [5.41, 5.74) is 6.77. The lowest BCUT2D eigenvalue weighted by molar-refractivity contribution is 0.478. The van der Waals surface area contributed by atoms with Crippen LogP contribution in [0.4, 0.5) is 5.82 Å². The van der Waals surface area contributed by atoms with Crippen molar-refractivity contribution in [2.45, 2.75) is 46.2 Å². The van der Waals surface area contributed by atoms with Gasteiger partial charge in [-0.2, -0.15) is 5.10 Å². The molecule has 0 spiro atoms. The van der Waals surface area contributed by atoms with E-state index in [2.05, 4.69) is 48.1 Å². The molecule has 2 aromatic rings. The van der Waals surface area contributed by atoms with Gasteiger partial charge < -0.3 is 5.73 Å². The predicted octanol–water partition coefficient (Wildman–Crippen LogP) is 1.20. The van der Waals surface area contributed by atoms with E-state index in [1.54, 1.807) is 11.0 Å². The topological polar surface area (TPSA) is 87.4 Å². The Morgan fingerprint density at radius 2 is 2.00 bits per heavy atom. The second kappa shape index (κ2) is 4.75. The van der Waals surface area contributed by atoms with E-state index in [1.807, 2.05) is 4.68 Å². The molecule has 0 aliphatic rings. The molecule has 7 nitrogen and oxygen atoms in total. The molecule has 98 valence electrons. The second-order valence-electron chi connectivity index (χ2n) is 4.89. The van der Waals surface area contributed by atoms with Crippen molar-refractivity contribution in [2.24, 2.45) is 0 Å². The lowest BCUT2D eigenvalue weighted by atomic mass is 10.1. The fraction of sp³-hybridized carbons (Fsp3) is 0.636. The normalized spacial score (nSPS) is 11.7. The molecule has 0 unspecified atom stereocenters. The number of nitrogen functional groups attached to an aromatic ring is 1. The molecule has 2 aromatic heterocycles. The van der Waals surface area contributed by atoms with Crippen LogP contribution in [0.25, 0.3) is 0 Å². The Balaban J connectivity index is 2.32. The summed E-state index contributed by atoms with van der Waals surface area (Å²) in [6, 6.07) is 0.269. The fourth-order valence-corrected chi connectivity index (χ4v) is 2.00. The monoisotopic (exact) mass is 249 g/mol. The Hall–Kier alpha value is -1.92. The summed E-state index contributed by atoms with van der Waals surface area (Å²) < 4.78 is 3.67. The van der Waals surface area contributed by atoms with Gasteiger partial charge in [-0.1, -0.05) is 19.1 Å². The van der Waals surface area contributed by atoms with Gasteiger partial charge in [-0.05, 0) is 19.8 Å². The zero-order valence-electron chi connectivity index (χ0n) is 11.2. The number of nitrogens with two attached hydrogens (primary N) is 1. The van der Waals surface area contributed by atoms with Gasteiger partial charge in [-0.25, -0.2) is 14.3 Å². The molecule has 0 saturated carbocycles. The molecule has 7 heteroatoms. The minimum atomic E-state index is 0.269. The Morgan fingerprint density at radius 1 is 1.28 bits per heavy atom. The van der Waals surface area contributed by atoms with Crippen LogP contribution in [0, 0.1) is 0 Å². The fourth-order valence-electron chi connectivity index (χ4n) is 2.00. The van der Waals surface area contributed by atoms with Gasteiger partial charge in [0.25, 0.3) is 0 Å². The third-order valence-electron chi connectivity index (χ3n) is 2.78. The van der Waals surface area contributed by atoms with Crippen LogP contribution in [-0.4, -0.2) is 29.8 Å². The summed E-state index contributed by atoms with van der Waals surface area (Å²) in [5, 5.41) is 12.2. The maximum absolute atomic E-state index is 5.83. The highest BCUT2D eigenvalue weighted by atomic mass is 15.5. The summed E-state index contributed by atoms with van der Waals surface area (Å²) in [4.78, 5) is 4.26. The van der Waals surface area contributed by atoms with Crippen molar-refractivity contribution >= 4 is 5.82 Å². The van der Waals surface area contributed by atoms with Crippen LogP contribution in [0.3, 0.4) is 0 Å². The standard InChI is InChI=1S/C11H19N7/c1-7(2)10-11(12)15-16-17(10)5-9-13-6-14-18(9)8(3)4/h6-8H,5,12H2,1-4H3. The van der Waals surface area contributed by atoms with E-state index in [-0.39, 0.29) is 12.0 Å². The Labute approximate surface area is 106 Å². The van der Waals surface area contributed by atoms with Gasteiger partial charge in [0.05, 0.1) is 5.69 Å². The van der Waals surface area contributed by atoms with E-state index < -0.39 is 0 Å². The maximum atomic E-state index is 5.83. The maximum Gasteiger partial charge on any atom is 0.169 e. The molecule has 0 aromatic carbocycles. The highest BCUT2D eigenvalue weighted by Gasteiger charge is 2.16. The Kier molecular flexibility index (Phi) is 3.31. The minimum Gasteiger partial charge on any atom is -0.381 e. The highest BCUT2D eigenvalue weighted by molar-refractivity contribution is 5.35. The van der Waals surface area contributed by atoms with Crippen LogP contribution in [0.2, 0.25) is 0 Å². The van der Waals surface area contributed by atoms with E-state index in [9.17, 15) is 0 Å². The quantitative estimate of drug-likeness (QED) is 0.879. The number of rotatable bonds is 4. The molecule has 0 saturated heterocycles. The van der Waals surface area contributed by atoms with Gasteiger partial charge in [0.15, 0.2) is 5.82 Å². The van der Waals surface area contributed by atoms with Crippen LogP contribution >= 0.6 is 0 Å². The summed E-state index contributed by atoms with van der Waals surface area (Å²) >= 11 is 0. The average molecular weight is 249 g/mol. The van der Waals surface area contributed by atoms with Gasteiger partial charge in [-0.15, -0.1) is 5.10 Å². The van der Waals surface area contributed by atoms with Crippen molar-refractivity contribution in [3.8, 4) is 0 Å². The van der Waals surface area contributed by atoms with Crippen molar-refractivity contribution in [2.75, 3.05) is 5.73 Å². The molecule has 2 rings (SSSR count). The van der Waals surface area contributed by atoms with Crippen molar-refractivity contribution in [1.82, 2.24) is 29.8 Å². The van der Waals surface area contributed by atoms with E-state index in [0.717, 1.165) is 11.5 Å². The molecular formula is C11H19N7. The average Bonchev–Trinajstić information content (AvgIpc) is 2.86. The zero-order valence-corrected chi connectivity index (χ0v) is 11.2. The van der Waals surface area contributed by atoms with E-state index in [4.69, 9.17) is 5.73 Å². The summed E-state index contributed by atoms with van der Waals surface area (Å²) in [6.07, 6.45) is 1.56. The predicted molar refractivity (Wildman–Crippen MR) is 68.0 cm³/mol. The molecule has 0 radical (unpaired) electrons. The first-order chi connectivity index (χ1) is 8.50. The molecule has 0 aliphatic heterocycles.